The second-order valence-corrected chi connectivity index (χ2v) is 7.79. The molecule has 2 N–H and O–H groups in total. The number of benzene rings is 1. The van der Waals surface area contributed by atoms with Gasteiger partial charge in [0.1, 0.15) is 5.75 Å². The molecule has 180 valence electrons. The summed E-state index contributed by atoms with van der Waals surface area (Å²) in [5.74, 6) is 1.58. The first kappa shape index (κ1) is 25.9. The third kappa shape index (κ3) is 9.44. The number of carbonyl (C=O) groups is 1. The largest absolute Gasteiger partial charge is 0.497 e. The van der Waals surface area contributed by atoms with Crippen LogP contribution in [0.15, 0.2) is 29.3 Å². The van der Waals surface area contributed by atoms with Crippen molar-refractivity contribution in [2.75, 3.05) is 60.2 Å². The molecule has 0 aliphatic carbocycles. The maximum Gasteiger partial charge on any atom is 0.305 e. The smallest absolute Gasteiger partial charge is 0.305 e. The quantitative estimate of drug-likeness (QED) is 0.208. The molecule has 0 radical (unpaired) electrons. The number of hydrogen-bond acceptors (Lipinski definition) is 6. The predicted molar refractivity (Wildman–Crippen MR) is 127 cm³/mol. The van der Waals surface area contributed by atoms with Crippen molar-refractivity contribution in [1.82, 2.24) is 15.5 Å². The van der Waals surface area contributed by atoms with Gasteiger partial charge >= 0.3 is 5.97 Å². The lowest BCUT2D eigenvalue weighted by atomic mass is 10.0. The van der Waals surface area contributed by atoms with Gasteiger partial charge in [0.2, 0.25) is 0 Å². The molecule has 1 atom stereocenters. The van der Waals surface area contributed by atoms with Crippen molar-refractivity contribution in [2.24, 2.45) is 4.99 Å². The highest BCUT2D eigenvalue weighted by Gasteiger charge is 2.23. The fourth-order valence-electron chi connectivity index (χ4n) is 3.77. The molecule has 1 unspecified atom stereocenters. The third-order valence-electron chi connectivity index (χ3n) is 5.58. The van der Waals surface area contributed by atoms with Gasteiger partial charge in [0.15, 0.2) is 5.96 Å². The van der Waals surface area contributed by atoms with E-state index in [4.69, 9.17) is 14.2 Å². The van der Waals surface area contributed by atoms with Crippen molar-refractivity contribution in [3.05, 3.63) is 29.8 Å². The molecule has 8 nitrogen and oxygen atoms in total. The van der Waals surface area contributed by atoms with Gasteiger partial charge in [-0.1, -0.05) is 25.0 Å². The van der Waals surface area contributed by atoms with Gasteiger partial charge in [-0.15, -0.1) is 0 Å². The molecule has 0 amide bonds. The highest BCUT2D eigenvalue weighted by molar-refractivity contribution is 5.79. The topological polar surface area (TPSA) is 84.4 Å². The van der Waals surface area contributed by atoms with Gasteiger partial charge in [0.05, 0.1) is 33.0 Å². The average Bonchev–Trinajstić information content (AvgIpc) is 2.83. The average molecular weight is 449 g/mol. The number of nitrogens with one attached hydrogen (secondary N) is 2. The van der Waals surface area contributed by atoms with Gasteiger partial charge in [-0.05, 0) is 37.5 Å². The van der Waals surface area contributed by atoms with Crippen molar-refractivity contribution in [2.45, 2.75) is 45.1 Å². The number of esters is 1. The number of carbonyl (C=O) groups excluding carboxylic acids is 1. The van der Waals surface area contributed by atoms with Crippen LogP contribution >= 0.6 is 0 Å². The van der Waals surface area contributed by atoms with E-state index in [1.54, 1.807) is 14.2 Å². The molecule has 2 rings (SSSR count). The van der Waals surface area contributed by atoms with Gasteiger partial charge in [-0.25, -0.2) is 0 Å². The monoisotopic (exact) mass is 448 g/mol. The van der Waals surface area contributed by atoms with E-state index in [1.807, 2.05) is 19.1 Å². The van der Waals surface area contributed by atoms with E-state index in [9.17, 15) is 4.79 Å². The molecule has 1 aliphatic rings. The molecule has 1 aromatic rings. The first-order chi connectivity index (χ1) is 15.7. The van der Waals surface area contributed by atoms with Crippen molar-refractivity contribution in [3.8, 4) is 5.75 Å². The second kappa shape index (κ2) is 15.5. The highest BCUT2D eigenvalue weighted by Crippen LogP contribution is 2.23. The Hall–Kier alpha value is -2.32. The summed E-state index contributed by atoms with van der Waals surface area (Å²) in [5, 5.41) is 6.89. The van der Waals surface area contributed by atoms with E-state index in [-0.39, 0.29) is 12.0 Å². The first-order valence-corrected chi connectivity index (χ1v) is 11.7. The van der Waals surface area contributed by atoms with Gasteiger partial charge in [0.25, 0.3) is 0 Å². The Morgan fingerprint density at radius 3 is 2.50 bits per heavy atom. The van der Waals surface area contributed by atoms with Gasteiger partial charge in [0, 0.05) is 39.6 Å². The van der Waals surface area contributed by atoms with Crippen LogP contribution in [0.5, 0.6) is 5.75 Å². The van der Waals surface area contributed by atoms with E-state index in [0.717, 1.165) is 76.8 Å². The minimum Gasteiger partial charge on any atom is -0.497 e. The van der Waals surface area contributed by atoms with Crippen LogP contribution in [0.4, 0.5) is 0 Å². The van der Waals surface area contributed by atoms with Crippen LogP contribution in [-0.2, 0) is 14.3 Å². The number of unbranched alkanes of at least 4 members (excludes halogenated alkanes) is 3. The predicted octanol–water partition coefficient (Wildman–Crippen LogP) is 2.75. The standard InChI is InChI=1S/C24H40N4O4/c1-4-32-23(29)9-7-5-6-8-14-26-24(25-2)27-19-22(28-15-17-31-18-16-28)20-10-12-21(30-3)13-11-20/h10-13,22H,4-9,14-19H2,1-3H3,(H2,25,26,27). The van der Waals surface area contributed by atoms with Crippen LogP contribution in [0, 0.1) is 0 Å². The SMILES string of the molecule is CCOC(=O)CCCCCCNC(=NC)NCC(c1ccc(OC)cc1)N1CCOCC1. The van der Waals surface area contributed by atoms with Crippen LogP contribution in [-0.4, -0.2) is 77.0 Å². The lowest BCUT2D eigenvalue weighted by Gasteiger charge is -2.35. The normalized spacial score (nSPS) is 15.8. The van der Waals surface area contributed by atoms with E-state index >= 15 is 0 Å². The molecule has 0 spiro atoms. The fraction of sp³-hybridized carbons (Fsp3) is 0.667. The summed E-state index contributed by atoms with van der Waals surface area (Å²) >= 11 is 0. The summed E-state index contributed by atoms with van der Waals surface area (Å²) in [4.78, 5) is 18.2. The zero-order chi connectivity index (χ0) is 23.0. The number of morpholine rings is 1. The van der Waals surface area contributed by atoms with Crippen LogP contribution in [0.1, 0.15) is 50.6 Å². The molecule has 1 fully saturated rings. The number of aliphatic imine (C=N–C) groups is 1. The zero-order valence-corrected chi connectivity index (χ0v) is 19.9. The Morgan fingerprint density at radius 1 is 1.12 bits per heavy atom. The maximum atomic E-state index is 11.4. The Labute approximate surface area is 192 Å². The molecule has 0 aromatic heterocycles. The van der Waals surface area contributed by atoms with E-state index in [0.29, 0.717) is 13.0 Å². The van der Waals surface area contributed by atoms with Crippen LogP contribution < -0.4 is 15.4 Å². The molecule has 1 saturated heterocycles. The summed E-state index contributed by atoms with van der Waals surface area (Å²) in [6, 6.07) is 8.52. The lowest BCUT2D eigenvalue weighted by Crippen LogP contribution is -2.46. The lowest BCUT2D eigenvalue weighted by molar-refractivity contribution is -0.143. The molecular weight excluding hydrogens is 408 g/mol. The van der Waals surface area contributed by atoms with Crippen LogP contribution in [0.2, 0.25) is 0 Å². The maximum absolute atomic E-state index is 11.4. The van der Waals surface area contributed by atoms with Gasteiger partial charge in [-0.2, -0.15) is 0 Å². The number of guanidine groups is 1. The third-order valence-corrected chi connectivity index (χ3v) is 5.58. The highest BCUT2D eigenvalue weighted by atomic mass is 16.5. The van der Waals surface area contributed by atoms with E-state index < -0.39 is 0 Å². The van der Waals surface area contributed by atoms with Crippen molar-refractivity contribution in [3.63, 3.8) is 0 Å². The molecule has 1 heterocycles. The zero-order valence-electron chi connectivity index (χ0n) is 19.9. The van der Waals surface area contributed by atoms with Gasteiger partial charge in [-0.3, -0.25) is 14.7 Å². The summed E-state index contributed by atoms with van der Waals surface area (Å²) in [6.45, 7) is 7.25. The van der Waals surface area contributed by atoms with Crippen LogP contribution in [0.3, 0.4) is 0 Å². The number of hydrogen-bond donors (Lipinski definition) is 2. The van der Waals surface area contributed by atoms with Crippen molar-refractivity contribution >= 4 is 11.9 Å². The Bertz CT molecular complexity index is 675. The molecular formula is C24H40N4O4. The van der Waals surface area contributed by atoms with E-state index in [1.165, 1.54) is 5.56 Å². The molecule has 8 heteroatoms. The number of rotatable bonds is 13. The molecule has 1 aromatic carbocycles. The number of methoxy groups -OCH3 is 1. The Morgan fingerprint density at radius 2 is 1.84 bits per heavy atom. The minimum atomic E-state index is -0.0955. The molecule has 0 bridgehead atoms. The number of ether oxygens (including phenoxy) is 3. The Kier molecular flexibility index (Phi) is 12.5. The van der Waals surface area contributed by atoms with Crippen molar-refractivity contribution < 1.29 is 19.0 Å². The van der Waals surface area contributed by atoms with E-state index in [2.05, 4.69) is 32.7 Å². The first-order valence-electron chi connectivity index (χ1n) is 11.7. The number of nitrogens with zero attached hydrogens (tertiary/aromatic N) is 2. The minimum absolute atomic E-state index is 0.0955. The summed E-state index contributed by atoms with van der Waals surface area (Å²) < 4.78 is 15.8. The molecule has 1 aliphatic heterocycles. The summed E-state index contributed by atoms with van der Waals surface area (Å²) in [6.07, 6.45) is 4.54. The fourth-order valence-corrected chi connectivity index (χ4v) is 3.77. The molecule has 32 heavy (non-hydrogen) atoms. The Balaban J connectivity index is 1.76. The molecule has 0 saturated carbocycles. The van der Waals surface area contributed by atoms with Crippen molar-refractivity contribution in [1.29, 1.82) is 0 Å². The van der Waals surface area contributed by atoms with Crippen LogP contribution in [0.25, 0.3) is 0 Å². The summed E-state index contributed by atoms with van der Waals surface area (Å²) in [7, 11) is 3.48. The summed E-state index contributed by atoms with van der Waals surface area (Å²) in [5.41, 5.74) is 1.25. The van der Waals surface area contributed by atoms with Gasteiger partial charge < -0.3 is 24.8 Å². The second-order valence-electron chi connectivity index (χ2n) is 7.79.